The van der Waals surface area contributed by atoms with Crippen LogP contribution in [0.4, 0.5) is 0 Å². The number of benzene rings is 2. The molecule has 0 spiro atoms. The predicted molar refractivity (Wildman–Crippen MR) is 88.6 cm³/mol. The van der Waals surface area contributed by atoms with E-state index >= 15 is 0 Å². The van der Waals surface area contributed by atoms with Crippen LogP contribution in [-0.2, 0) is 11.3 Å². The number of ether oxygens (including phenoxy) is 1. The first-order valence-corrected chi connectivity index (χ1v) is 7.40. The van der Waals surface area contributed by atoms with Gasteiger partial charge in [-0.1, -0.05) is 35.9 Å². The van der Waals surface area contributed by atoms with Gasteiger partial charge in [0.15, 0.2) is 0 Å². The Morgan fingerprint density at radius 1 is 1.09 bits per heavy atom. The van der Waals surface area contributed by atoms with Crippen LogP contribution in [0.15, 0.2) is 48.5 Å². The topological polar surface area (TPSA) is 67.4 Å². The van der Waals surface area contributed by atoms with Crippen molar-refractivity contribution in [2.24, 2.45) is 0 Å². The van der Waals surface area contributed by atoms with E-state index in [1.165, 1.54) is 7.11 Å². The van der Waals surface area contributed by atoms with E-state index in [1.807, 2.05) is 18.2 Å². The zero-order valence-electron chi connectivity index (χ0n) is 12.6. The minimum absolute atomic E-state index is 0.111. The SMILES string of the molecule is COc1cccc(C(=O)NCC(=O)NCc2ccccc2Cl)c1. The highest BCUT2D eigenvalue weighted by Crippen LogP contribution is 2.14. The maximum atomic E-state index is 12.0. The molecule has 2 aromatic rings. The highest BCUT2D eigenvalue weighted by molar-refractivity contribution is 6.31. The Bertz CT molecular complexity index is 704. The third-order valence-electron chi connectivity index (χ3n) is 3.18. The molecule has 2 aromatic carbocycles. The third kappa shape index (κ3) is 5.00. The number of rotatable bonds is 6. The molecule has 0 unspecified atom stereocenters. The molecule has 0 aliphatic carbocycles. The molecule has 0 saturated carbocycles. The molecule has 0 aliphatic rings. The third-order valence-corrected chi connectivity index (χ3v) is 3.54. The second-order valence-corrected chi connectivity index (χ2v) is 5.19. The van der Waals surface area contributed by atoms with Gasteiger partial charge < -0.3 is 15.4 Å². The lowest BCUT2D eigenvalue weighted by Gasteiger charge is -2.08. The van der Waals surface area contributed by atoms with Crippen LogP contribution >= 0.6 is 11.6 Å². The number of hydrogen-bond acceptors (Lipinski definition) is 3. The summed E-state index contributed by atoms with van der Waals surface area (Å²) < 4.78 is 5.06. The van der Waals surface area contributed by atoms with Crippen molar-refractivity contribution in [2.75, 3.05) is 13.7 Å². The fraction of sp³-hybridized carbons (Fsp3) is 0.176. The number of carbonyl (C=O) groups excluding carboxylic acids is 2. The fourth-order valence-corrected chi connectivity index (χ4v) is 2.13. The van der Waals surface area contributed by atoms with Crippen molar-refractivity contribution in [1.82, 2.24) is 10.6 Å². The van der Waals surface area contributed by atoms with Gasteiger partial charge in [-0.15, -0.1) is 0 Å². The summed E-state index contributed by atoms with van der Waals surface area (Å²) in [7, 11) is 1.53. The Hall–Kier alpha value is -2.53. The molecule has 2 N–H and O–H groups in total. The van der Waals surface area contributed by atoms with E-state index in [0.717, 1.165) is 5.56 Å². The largest absolute Gasteiger partial charge is 0.497 e. The first kappa shape index (κ1) is 16.8. The van der Waals surface area contributed by atoms with Gasteiger partial charge >= 0.3 is 0 Å². The first-order chi connectivity index (χ1) is 11.1. The van der Waals surface area contributed by atoms with Crippen molar-refractivity contribution in [3.63, 3.8) is 0 Å². The second-order valence-electron chi connectivity index (χ2n) is 4.78. The Kier molecular flexibility index (Phi) is 6.00. The minimum Gasteiger partial charge on any atom is -0.497 e. The average molecular weight is 333 g/mol. The van der Waals surface area contributed by atoms with Crippen LogP contribution in [0.25, 0.3) is 0 Å². The minimum atomic E-state index is -0.336. The molecule has 0 aliphatic heterocycles. The Morgan fingerprint density at radius 2 is 1.87 bits per heavy atom. The second kappa shape index (κ2) is 8.19. The van der Waals surface area contributed by atoms with Crippen LogP contribution in [0, 0.1) is 0 Å². The average Bonchev–Trinajstić information content (AvgIpc) is 2.59. The van der Waals surface area contributed by atoms with Crippen molar-refractivity contribution < 1.29 is 14.3 Å². The number of hydrogen-bond donors (Lipinski definition) is 2. The lowest BCUT2D eigenvalue weighted by molar-refractivity contribution is -0.120. The fourth-order valence-electron chi connectivity index (χ4n) is 1.92. The smallest absolute Gasteiger partial charge is 0.251 e. The molecule has 0 atom stereocenters. The molecule has 0 radical (unpaired) electrons. The summed E-state index contributed by atoms with van der Waals surface area (Å²) in [6, 6.07) is 14.0. The number of carbonyl (C=O) groups is 2. The number of methoxy groups -OCH3 is 1. The molecule has 0 aromatic heterocycles. The van der Waals surface area contributed by atoms with E-state index in [0.29, 0.717) is 22.9 Å². The van der Waals surface area contributed by atoms with Crippen LogP contribution in [0.1, 0.15) is 15.9 Å². The molecule has 0 bridgehead atoms. The highest BCUT2D eigenvalue weighted by atomic mass is 35.5. The van der Waals surface area contributed by atoms with Gasteiger partial charge in [0.1, 0.15) is 5.75 Å². The number of halogens is 1. The van der Waals surface area contributed by atoms with Crippen molar-refractivity contribution >= 4 is 23.4 Å². The van der Waals surface area contributed by atoms with Crippen molar-refractivity contribution in [1.29, 1.82) is 0 Å². The molecule has 5 nitrogen and oxygen atoms in total. The van der Waals surface area contributed by atoms with E-state index in [4.69, 9.17) is 16.3 Å². The quantitative estimate of drug-likeness (QED) is 0.853. The maximum Gasteiger partial charge on any atom is 0.251 e. The van der Waals surface area contributed by atoms with Crippen molar-refractivity contribution in [3.05, 3.63) is 64.7 Å². The summed E-state index contributed by atoms with van der Waals surface area (Å²) in [5, 5.41) is 5.86. The predicted octanol–water partition coefficient (Wildman–Crippen LogP) is 2.39. The maximum absolute atomic E-state index is 12.0. The van der Waals surface area contributed by atoms with E-state index in [9.17, 15) is 9.59 Å². The molecule has 2 amide bonds. The monoisotopic (exact) mass is 332 g/mol. The molecule has 120 valence electrons. The van der Waals surface area contributed by atoms with E-state index < -0.39 is 0 Å². The molecule has 6 heteroatoms. The van der Waals surface area contributed by atoms with Crippen LogP contribution in [-0.4, -0.2) is 25.5 Å². The summed E-state index contributed by atoms with van der Waals surface area (Å²) in [6.45, 7) is 0.202. The van der Waals surface area contributed by atoms with Gasteiger partial charge in [-0.3, -0.25) is 9.59 Å². The Labute approximate surface area is 139 Å². The normalized spacial score (nSPS) is 10.0. The molecule has 0 saturated heterocycles. The first-order valence-electron chi connectivity index (χ1n) is 7.02. The lowest BCUT2D eigenvalue weighted by Crippen LogP contribution is -2.36. The van der Waals surface area contributed by atoms with Gasteiger partial charge in [-0.05, 0) is 29.8 Å². The molecular weight excluding hydrogens is 316 g/mol. The van der Waals surface area contributed by atoms with Gasteiger partial charge in [0.2, 0.25) is 5.91 Å². The van der Waals surface area contributed by atoms with Gasteiger partial charge in [-0.25, -0.2) is 0 Å². The highest BCUT2D eigenvalue weighted by Gasteiger charge is 2.09. The van der Waals surface area contributed by atoms with Gasteiger partial charge in [0, 0.05) is 17.1 Å². The van der Waals surface area contributed by atoms with Crippen molar-refractivity contribution in [3.8, 4) is 5.75 Å². The number of amides is 2. The molecule has 0 heterocycles. The summed E-state index contributed by atoms with van der Waals surface area (Å²) in [4.78, 5) is 23.8. The standard InChI is InChI=1S/C17H17ClN2O3/c1-23-14-7-4-6-12(9-14)17(22)20-11-16(21)19-10-13-5-2-3-8-15(13)18/h2-9H,10-11H2,1H3,(H,19,21)(H,20,22). The van der Waals surface area contributed by atoms with Crippen LogP contribution < -0.4 is 15.4 Å². The Balaban J connectivity index is 1.82. The molecule has 2 rings (SSSR count). The van der Waals surface area contributed by atoms with E-state index in [1.54, 1.807) is 30.3 Å². The van der Waals surface area contributed by atoms with Crippen LogP contribution in [0.2, 0.25) is 5.02 Å². The van der Waals surface area contributed by atoms with E-state index in [2.05, 4.69) is 10.6 Å². The van der Waals surface area contributed by atoms with Crippen molar-refractivity contribution in [2.45, 2.75) is 6.54 Å². The Morgan fingerprint density at radius 3 is 2.61 bits per heavy atom. The zero-order chi connectivity index (χ0) is 16.7. The zero-order valence-corrected chi connectivity index (χ0v) is 13.4. The lowest BCUT2D eigenvalue weighted by atomic mass is 10.2. The summed E-state index contributed by atoms with van der Waals surface area (Å²) in [5.41, 5.74) is 1.25. The number of nitrogens with one attached hydrogen (secondary N) is 2. The molecular formula is C17H17ClN2O3. The summed E-state index contributed by atoms with van der Waals surface area (Å²) >= 11 is 6.01. The molecule has 0 fully saturated rings. The molecule has 23 heavy (non-hydrogen) atoms. The van der Waals surface area contributed by atoms with Gasteiger partial charge in [-0.2, -0.15) is 0 Å². The van der Waals surface area contributed by atoms with E-state index in [-0.39, 0.29) is 18.4 Å². The van der Waals surface area contributed by atoms with Gasteiger partial charge in [0.05, 0.1) is 13.7 Å². The summed E-state index contributed by atoms with van der Waals surface area (Å²) in [5.74, 6) is -0.0428. The van der Waals surface area contributed by atoms with Crippen LogP contribution in [0.3, 0.4) is 0 Å². The van der Waals surface area contributed by atoms with Crippen LogP contribution in [0.5, 0.6) is 5.75 Å². The summed E-state index contributed by atoms with van der Waals surface area (Å²) in [6.07, 6.45) is 0. The van der Waals surface area contributed by atoms with Gasteiger partial charge in [0.25, 0.3) is 5.91 Å².